The quantitative estimate of drug-likeness (QED) is 0.373. The van der Waals surface area contributed by atoms with E-state index in [0.717, 1.165) is 22.3 Å². The molecule has 1 aliphatic carbocycles. The van der Waals surface area contributed by atoms with Gasteiger partial charge >= 0.3 is 18.2 Å². The number of aliphatic hydroxyl groups is 1. The number of aliphatic carboxylic acids is 1. The number of carbonyl (C=O) groups excluding carboxylic acids is 2. The molecule has 1 aliphatic rings. The summed E-state index contributed by atoms with van der Waals surface area (Å²) < 4.78 is 10.1. The van der Waals surface area contributed by atoms with Gasteiger partial charge in [0.25, 0.3) is 0 Å². The zero-order valence-electron chi connectivity index (χ0n) is 18.6. The van der Waals surface area contributed by atoms with Crippen molar-refractivity contribution >= 4 is 18.2 Å². The van der Waals surface area contributed by atoms with Gasteiger partial charge in [0.05, 0.1) is 12.0 Å². The summed E-state index contributed by atoms with van der Waals surface area (Å²) in [6.45, 7) is 3.21. The third-order valence-electron chi connectivity index (χ3n) is 5.64. The van der Waals surface area contributed by atoms with E-state index in [4.69, 9.17) is 9.47 Å². The molecule has 180 valence electrons. The van der Waals surface area contributed by atoms with Crippen LogP contribution in [0.4, 0.5) is 9.59 Å². The second-order valence-electron chi connectivity index (χ2n) is 7.82. The van der Waals surface area contributed by atoms with Crippen LogP contribution in [0.2, 0.25) is 0 Å². The average molecular weight is 469 g/mol. The van der Waals surface area contributed by atoms with Crippen molar-refractivity contribution in [1.29, 1.82) is 0 Å². The van der Waals surface area contributed by atoms with E-state index >= 15 is 0 Å². The van der Waals surface area contributed by atoms with Gasteiger partial charge in [-0.1, -0.05) is 61.2 Å². The molecule has 0 aliphatic heterocycles. The minimum absolute atomic E-state index is 0.00561. The summed E-state index contributed by atoms with van der Waals surface area (Å²) in [6, 6.07) is 15.9. The van der Waals surface area contributed by atoms with Crippen molar-refractivity contribution in [3.8, 4) is 11.1 Å². The molecular weight excluding hydrogens is 440 g/mol. The van der Waals surface area contributed by atoms with Crippen molar-refractivity contribution in [3.63, 3.8) is 0 Å². The van der Waals surface area contributed by atoms with Gasteiger partial charge in [0, 0.05) is 19.0 Å². The van der Waals surface area contributed by atoms with Gasteiger partial charge in [-0.05, 0) is 28.7 Å². The van der Waals surface area contributed by atoms with Crippen LogP contribution in [0, 0.1) is 5.92 Å². The van der Waals surface area contributed by atoms with Crippen LogP contribution in [0.3, 0.4) is 0 Å². The highest BCUT2D eigenvalue weighted by molar-refractivity contribution is 5.79. The molecule has 34 heavy (non-hydrogen) atoms. The van der Waals surface area contributed by atoms with Crippen LogP contribution in [0.15, 0.2) is 61.2 Å². The van der Waals surface area contributed by atoms with E-state index in [9.17, 15) is 24.6 Å². The van der Waals surface area contributed by atoms with Crippen LogP contribution >= 0.6 is 0 Å². The van der Waals surface area contributed by atoms with Crippen molar-refractivity contribution in [2.24, 2.45) is 5.92 Å². The van der Waals surface area contributed by atoms with Gasteiger partial charge in [-0.3, -0.25) is 4.79 Å². The number of hydrogen-bond acceptors (Lipinski definition) is 6. The van der Waals surface area contributed by atoms with Gasteiger partial charge < -0.3 is 30.3 Å². The number of nitrogens with one attached hydrogen (secondary N) is 2. The van der Waals surface area contributed by atoms with Crippen LogP contribution < -0.4 is 10.6 Å². The fourth-order valence-electron chi connectivity index (χ4n) is 3.98. The Morgan fingerprint density at radius 3 is 2.15 bits per heavy atom. The first-order chi connectivity index (χ1) is 16.4. The summed E-state index contributed by atoms with van der Waals surface area (Å²) in [5.74, 6) is -2.53. The first-order valence-corrected chi connectivity index (χ1v) is 10.9. The van der Waals surface area contributed by atoms with Gasteiger partial charge in [-0.25, -0.2) is 9.59 Å². The molecule has 0 heterocycles. The second kappa shape index (κ2) is 11.9. The molecule has 2 unspecified atom stereocenters. The molecule has 9 heteroatoms. The third-order valence-corrected chi connectivity index (χ3v) is 5.64. The first kappa shape index (κ1) is 24.8. The lowest BCUT2D eigenvalue weighted by molar-refractivity contribution is -0.145. The van der Waals surface area contributed by atoms with Crippen molar-refractivity contribution in [2.75, 3.05) is 26.3 Å². The van der Waals surface area contributed by atoms with Crippen LogP contribution in [0.5, 0.6) is 0 Å². The van der Waals surface area contributed by atoms with E-state index in [0.29, 0.717) is 0 Å². The SMILES string of the molecule is C=CCOC(=O)NCC(O)C(CCNC(=O)OCC1c2ccccc2-c2ccccc21)C(=O)O. The maximum absolute atomic E-state index is 12.2. The number of aliphatic hydroxyl groups excluding tert-OH is 1. The Balaban J connectivity index is 1.47. The molecule has 2 aromatic rings. The maximum atomic E-state index is 12.2. The summed E-state index contributed by atoms with van der Waals surface area (Å²) >= 11 is 0. The molecule has 3 rings (SSSR count). The van der Waals surface area contributed by atoms with E-state index in [-0.39, 0.29) is 38.6 Å². The van der Waals surface area contributed by atoms with Gasteiger partial charge in [-0.15, -0.1) is 0 Å². The maximum Gasteiger partial charge on any atom is 0.407 e. The number of hydrogen-bond donors (Lipinski definition) is 4. The zero-order valence-corrected chi connectivity index (χ0v) is 18.6. The van der Waals surface area contributed by atoms with Gasteiger partial charge in [0.1, 0.15) is 13.2 Å². The van der Waals surface area contributed by atoms with Crippen molar-refractivity contribution in [2.45, 2.75) is 18.4 Å². The van der Waals surface area contributed by atoms with E-state index < -0.39 is 30.2 Å². The Bertz CT molecular complexity index is 994. The summed E-state index contributed by atoms with van der Waals surface area (Å²) in [7, 11) is 0. The Morgan fingerprint density at radius 2 is 1.56 bits per heavy atom. The molecule has 0 saturated heterocycles. The third kappa shape index (κ3) is 6.14. The van der Waals surface area contributed by atoms with Crippen LogP contribution in [0.1, 0.15) is 23.5 Å². The monoisotopic (exact) mass is 468 g/mol. The molecule has 0 radical (unpaired) electrons. The normalized spacial score (nSPS) is 13.7. The number of ether oxygens (including phenoxy) is 2. The highest BCUT2D eigenvalue weighted by Gasteiger charge is 2.29. The number of carboxylic acid groups (broad SMARTS) is 1. The number of carboxylic acids is 1. The van der Waals surface area contributed by atoms with E-state index in [1.165, 1.54) is 6.08 Å². The fraction of sp³-hybridized carbons (Fsp3) is 0.320. The highest BCUT2D eigenvalue weighted by atomic mass is 16.6. The fourth-order valence-corrected chi connectivity index (χ4v) is 3.98. The Morgan fingerprint density at radius 1 is 0.971 bits per heavy atom. The number of fused-ring (bicyclic) bond motifs is 3. The molecular formula is C25H28N2O7. The second-order valence-corrected chi connectivity index (χ2v) is 7.82. The van der Waals surface area contributed by atoms with Gasteiger partial charge in [0.2, 0.25) is 0 Å². The van der Waals surface area contributed by atoms with E-state index in [1.807, 2.05) is 48.5 Å². The number of alkyl carbamates (subject to hydrolysis) is 2. The highest BCUT2D eigenvalue weighted by Crippen LogP contribution is 2.44. The predicted octanol–water partition coefficient (Wildman–Crippen LogP) is 2.89. The molecule has 2 aromatic carbocycles. The predicted molar refractivity (Wildman–Crippen MR) is 124 cm³/mol. The van der Waals surface area contributed by atoms with E-state index in [1.54, 1.807) is 0 Å². The lowest BCUT2D eigenvalue weighted by Crippen LogP contribution is -2.41. The van der Waals surface area contributed by atoms with Gasteiger partial charge in [0.15, 0.2) is 0 Å². The van der Waals surface area contributed by atoms with Gasteiger partial charge in [-0.2, -0.15) is 0 Å². The van der Waals surface area contributed by atoms with Crippen molar-refractivity contribution in [1.82, 2.24) is 10.6 Å². The standard InChI is InChI=1S/C25H28N2O7/c1-2-13-33-25(32)27-14-22(28)20(23(29)30)11-12-26-24(31)34-15-21-18-9-5-3-7-16(18)17-8-4-6-10-19(17)21/h2-10,20-22,28H,1,11-15H2,(H,26,31)(H,27,32)(H,29,30). The van der Waals surface area contributed by atoms with Crippen molar-refractivity contribution in [3.05, 3.63) is 72.3 Å². The Labute approximate surface area is 197 Å². The Hall–Kier alpha value is -3.85. The first-order valence-electron chi connectivity index (χ1n) is 10.9. The number of rotatable bonds is 11. The summed E-state index contributed by atoms with van der Waals surface area (Å²) in [5.41, 5.74) is 4.41. The molecule has 2 atom stereocenters. The van der Waals surface area contributed by atoms with E-state index in [2.05, 4.69) is 17.2 Å². The molecule has 0 bridgehead atoms. The largest absolute Gasteiger partial charge is 0.481 e. The Kier molecular flexibility index (Phi) is 8.64. The number of carbonyl (C=O) groups is 3. The lowest BCUT2D eigenvalue weighted by Gasteiger charge is -2.20. The minimum atomic E-state index is -1.36. The van der Waals surface area contributed by atoms with Crippen molar-refractivity contribution < 1.29 is 34.1 Å². The lowest BCUT2D eigenvalue weighted by atomic mass is 9.98. The summed E-state index contributed by atoms with van der Waals surface area (Å²) in [4.78, 5) is 35.2. The number of amides is 2. The van der Waals surface area contributed by atoms with Crippen LogP contribution in [-0.4, -0.2) is 60.8 Å². The zero-order chi connectivity index (χ0) is 24.5. The minimum Gasteiger partial charge on any atom is -0.481 e. The number of benzene rings is 2. The smallest absolute Gasteiger partial charge is 0.407 e. The average Bonchev–Trinajstić information content (AvgIpc) is 3.16. The molecule has 0 fully saturated rings. The summed E-state index contributed by atoms with van der Waals surface area (Å²) in [6.07, 6.45) is -1.50. The molecule has 4 N–H and O–H groups in total. The summed E-state index contributed by atoms with van der Waals surface area (Å²) in [5, 5.41) is 24.3. The molecule has 0 aromatic heterocycles. The van der Waals surface area contributed by atoms with Crippen LogP contribution in [-0.2, 0) is 14.3 Å². The molecule has 0 spiro atoms. The molecule has 9 nitrogen and oxygen atoms in total. The van der Waals surface area contributed by atoms with Crippen LogP contribution in [0.25, 0.3) is 11.1 Å². The topological polar surface area (TPSA) is 134 Å². The molecule has 2 amide bonds. The molecule has 0 saturated carbocycles.